The van der Waals surface area contributed by atoms with Crippen LogP contribution in [0.2, 0.25) is 0 Å². The Hall–Kier alpha value is -2.95. The molecule has 3 aromatic rings. The van der Waals surface area contributed by atoms with Gasteiger partial charge in [-0.3, -0.25) is 4.79 Å². The van der Waals surface area contributed by atoms with Crippen LogP contribution >= 0.6 is 0 Å². The Bertz CT molecular complexity index is 887. The van der Waals surface area contributed by atoms with Crippen LogP contribution in [0.1, 0.15) is 47.4 Å². The number of amides is 1. The van der Waals surface area contributed by atoms with Gasteiger partial charge in [0, 0.05) is 19.1 Å². The molecule has 32 heavy (non-hydrogen) atoms. The monoisotopic (exact) mass is 430 g/mol. The summed E-state index contributed by atoms with van der Waals surface area (Å²) in [6.07, 6.45) is 2.32. The van der Waals surface area contributed by atoms with Gasteiger partial charge in [0.05, 0.1) is 6.04 Å². The minimum absolute atomic E-state index is 0.0216. The van der Waals surface area contributed by atoms with Crippen molar-refractivity contribution >= 4 is 5.91 Å². The minimum Gasteiger partial charge on any atom is -0.396 e. The summed E-state index contributed by atoms with van der Waals surface area (Å²) in [4.78, 5) is 12.7. The van der Waals surface area contributed by atoms with Crippen LogP contribution in [-0.4, -0.2) is 30.2 Å². The predicted octanol–water partition coefficient (Wildman–Crippen LogP) is 4.56. The molecule has 168 valence electrons. The molecule has 0 aliphatic rings. The molecule has 0 radical (unpaired) electrons. The summed E-state index contributed by atoms with van der Waals surface area (Å²) in [5.74, 6) is 0.258. The van der Waals surface area contributed by atoms with E-state index in [0.29, 0.717) is 18.9 Å². The summed E-state index contributed by atoms with van der Waals surface area (Å²) < 4.78 is 0. The highest BCUT2D eigenvalue weighted by atomic mass is 16.3. The van der Waals surface area contributed by atoms with Crippen molar-refractivity contribution in [2.24, 2.45) is 0 Å². The lowest BCUT2D eigenvalue weighted by Crippen LogP contribution is -2.44. The van der Waals surface area contributed by atoms with Gasteiger partial charge in [-0.25, -0.2) is 0 Å². The molecule has 3 rings (SSSR count). The fourth-order valence-corrected chi connectivity index (χ4v) is 3.95. The summed E-state index contributed by atoms with van der Waals surface area (Å²) in [6.45, 7) is 3.24. The molecule has 0 fully saturated rings. The zero-order chi connectivity index (χ0) is 22.6. The fraction of sp³-hybridized carbons (Fsp3) is 0.321. The Morgan fingerprint density at radius 1 is 0.844 bits per heavy atom. The Morgan fingerprint density at radius 2 is 1.44 bits per heavy atom. The number of hydrogen-bond donors (Lipinski definition) is 3. The summed E-state index contributed by atoms with van der Waals surface area (Å²) in [5.41, 5.74) is 4.88. The molecule has 0 aliphatic heterocycles. The van der Waals surface area contributed by atoms with Crippen LogP contribution < -0.4 is 10.6 Å². The molecule has 0 saturated carbocycles. The first-order valence-corrected chi connectivity index (χ1v) is 11.4. The van der Waals surface area contributed by atoms with E-state index in [4.69, 9.17) is 0 Å². The van der Waals surface area contributed by atoms with Gasteiger partial charge < -0.3 is 15.7 Å². The maximum absolute atomic E-state index is 12.7. The molecule has 0 saturated heterocycles. The van der Waals surface area contributed by atoms with Crippen molar-refractivity contribution in [3.05, 3.63) is 107 Å². The van der Waals surface area contributed by atoms with E-state index in [1.165, 1.54) is 16.7 Å². The minimum atomic E-state index is -0.391. The van der Waals surface area contributed by atoms with E-state index in [9.17, 15) is 9.90 Å². The largest absolute Gasteiger partial charge is 0.396 e. The molecule has 3 aromatic carbocycles. The van der Waals surface area contributed by atoms with E-state index in [0.717, 1.165) is 24.9 Å². The van der Waals surface area contributed by atoms with Gasteiger partial charge in [0.2, 0.25) is 5.91 Å². The number of aryl methyl sites for hydroxylation is 1. The lowest BCUT2D eigenvalue weighted by Gasteiger charge is -2.20. The average molecular weight is 431 g/mol. The summed E-state index contributed by atoms with van der Waals surface area (Å²) >= 11 is 0. The van der Waals surface area contributed by atoms with Gasteiger partial charge in [-0.2, -0.15) is 0 Å². The van der Waals surface area contributed by atoms with E-state index in [-0.39, 0.29) is 12.5 Å². The molecule has 0 aliphatic carbocycles. The smallest absolute Gasteiger partial charge is 0.237 e. The van der Waals surface area contributed by atoms with Gasteiger partial charge in [0.1, 0.15) is 0 Å². The van der Waals surface area contributed by atoms with Crippen molar-refractivity contribution in [2.75, 3.05) is 13.2 Å². The number of carbonyl (C=O) groups excluding carboxylic acids is 1. The van der Waals surface area contributed by atoms with Crippen LogP contribution in [0.4, 0.5) is 0 Å². The van der Waals surface area contributed by atoms with Crippen molar-refractivity contribution < 1.29 is 9.90 Å². The van der Waals surface area contributed by atoms with Crippen LogP contribution in [0, 0.1) is 6.92 Å². The average Bonchev–Trinajstić information content (AvgIpc) is 2.84. The molecule has 1 amide bonds. The number of nitrogens with one attached hydrogen (secondary N) is 2. The molecule has 4 nitrogen and oxygen atoms in total. The first-order chi connectivity index (χ1) is 15.7. The molecule has 1 unspecified atom stereocenters. The maximum Gasteiger partial charge on any atom is 0.237 e. The number of benzene rings is 3. The molecule has 1 atom stereocenters. The molecule has 0 bridgehead atoms. The number of aliphatic hydroxyl groups excluding tert-OH is 1. The van der Waals surface area contributed by atoms with Crippen LogP contribution in [0.5, 0.6) is 0 Å². The van der Waals surface area contributed by atoms with Crippen molar-refractivity contribution in [1.29, 1.82) is 0 Å². The van der Waals surface area contributed by atoms with E-state index in [2.05, 4.69) is 59.2 Å². The Kier molecular flexibility index (Phi) is 9.48. The number of rotatable bonds is 12. The second-order valence-corrected chi connectivity index (χ2v) is 8.24. The van der Waals surface area contributed by atoms with Crippen LogP contribution in [-0.2, 0) is 11.3 Å². The summed E-state index contributed by atoms with van der Waals surface area (Å²) in [5, 5.41) is 15.8. The second-order valence-electron chi connectivity index (χ2n) is 8.24. The lowest BCUT2D eigenvalue weighted by atomic mass is 9.87. The van der Waals surface area contributed by atoms with Gasteiger partial charge in [-0.05, 0) is 49.4 Å². The fourth-order valence-electron chi connectivity index (χ4n) is 3.95. The Balaban J connectivity index is 1.52. The van der Waals surface area contributed by atoms with Gasteiger partial charge in [0.25, 0.3) is 0 Å². The summed E-state index contributed by atoms with van der Waals surface area (Å²) in [7, 11) is 0. The maximum atomic E-state index is 12.7. The van der Waals surface area contributed by atoms with Crippen LogP contribution in [0.15, 0.2) is 84.9 Å². The topological polar surface area (TPSA) is 61.4 Å². The van der Waals surface area contributed by atoms with E-state index >= 15 is 0 Å². The number of aliphatic hydroxyl groups is 1. The lowest BCUT2D eigenvalue weighted by molar-refractivity contribution is -0.123. The molecular weight excluding hydrogens is 396 g/mol. The highest BCUT2D eigenvalue weighted by molar-refractivity contribution is 5.81. The van der Waals surface area contributed by atoms with Crippen molar-refractivity contribution in [1.82, 2.24) is 10.6 Å². The molecule has 4 heteroatoms. The van der Waals surface area contributed by atoms with Crippen molar-refractivity contribution in [3.8, 4) is 0 Å². The number of hydrogen-bond acceptors (Lipinski definition) is 3. The predicted molar refractivity (Wildman–Crippen MR) is 130 cm³/mol. The van der Waals surface area contributed by atoms with Gasteiger partial charge in [0.15, 0.2) is 0 Å². The normalized spacial score (nSPS) is 12.0. The molecule has 0 heterocycles. The second kappa shape index (κ2) is 12.8. The van der Waals surface area contributed by atoms with Gasteiger partial charge in [-0.1, -0.05) is 90.5 Å². The third kappa shape index (κ3) is 7.33. The SMILES string of the molecule is Cc1ccc(CNC(=O)C(CCO)NCCCC(c2ccccc2)c2ccccc2)cc1. The highest BCUT2D eigenvalue weighted by Gasteiger charge is 2.18. The highest BCUT2D eigenvalue weighted by Crippen LogP contribution is 2.28. The third-order valence-electron chi connectivity index (χ3n) is 5.79. The van der Waals surface area contributed by atoms with Crippen molar-refractivity contribution in [3.63, 3.8) is 0 Å². The van der Waals surface area contributed by atoms with E-state index < -0.39 is 6.04 Å². The zero-order valence-corrected chi connectivity index (χ0v) is 18.8. The molecule has 0 spiro atoms. The first-order valence-electron chi connectivity index (χ1n) is 11.4. The first kappa shape index (κ1) is 23.7. The standard InChI is InChI=1S/C28H34N2O2/c1-22-14-16-23(17-15-22)21-30-28(32)27(18-20-31)29-19-8-13-26(24-9-4-2-5-10-24)25-11-6-3-7-12-25/h2-7,9-12,14-17,26-27,29,31H,8,13,18-21H2,1H3,(H,30,32). The van der Waals surface area contributed by atoms with Gasteiger partial charge >= 0.3 is 0 Å². The zero-order valence-electron chi connectivity index (χ0n) is 18.8. The summed E-state index contributed by atoms with van der Waals surface area (Å²) in [6, 6.07) is 28.9. The molecular formula is C28H34N2O2. The molecule has 3 N–H and O–H groups in total. The quantitative estimate of drug-likeness (QED) is 0.369. The van der Waals surface area contributed by atoms with Crippen molar-refractivity contribution in [2.45, 2.75) is 44.7 Å². The van der Waals surface area contributed by atoms with Gasteiger partial charge in [-0.15, -0.1) is 0 Å². The van der Waals surface area contributed by atoms with E-state index in [1.807, 2.05) is 43.3 Å². The Morgan fingerprint density at radius 3 is 2.00 bits per heavy atom. The van der Waals surface area contributed by atoms with Crippen LogP contribution in [0.3, 0.4) is 0 Å². The molecule has 0 aromatic heterocycles. The van der Waals surface area contributed by atoms with Crippen LogP contribution in [0.25, 0.3) is 0 Å². The third-order valence-corrected chi connectivity index (χ3v) is 5.79. The number of carbonyl (C=O) groups is 1. The van der Waals surface area contributed by atoms with E-state index in [1.54, 1.807) is 0 Å². The Labute approximate surface area is 191 Å².